The van der Waals surface area contributed by atoms with E-state index in [9.17, 15) is 9.59 Å². The van der Waals surface area contributed by atoms with Gasteiger partial charge < -0.3 is 15.5 Å². The van der Waals surface area contributed by atoms with Crippen LogP contribution in [0.5, 0.6) is 0 Å². The number of carbonyl (C=O) groups is 2. The van der Waals surface area contributed by atoms with E-state index < -0.39 is 0 Å². The molecule has 5 nitrogen and oxygen atoms in total. The van der Waals surface area contributed by atoms with E-state index in [0.717, 1.165) is 31.6 Å². The van der Waals surface area contributed by atoms with E-state index in [1.54, 1.807) is 31.3 Å². The molecule has 1 aromatic rings. The zero-order valence-corrected chi connectivity index (χ0v) is 14.4. The Labute approximate surface area is 143 Å². The predicted octanol–water partition coefficient (Wildman–Crippen LogP) is 3.62. The molecule has 0 radical (unpaired) electrons. The van der Waals surface area contributed by atoms with Crippen LogP contribution < -0.4 is 10.6 Å². The molecule has 1 saturated carbocycles. The van der Waals surface area contributed by atoms with Crippen molar-refractivity contribution in [1.82, 2.24) is 10.2 Å². The highest BCUT2D eigenvalue weighted by atomic mass is 16.2. The molecular weight excluding hydrogens is 302 g/mol. The number of nitrogens with zero attached hydrogens (tertiary/aromatic N) is 1. The largest absolute Gasteiger partial charge is 0.355 e. The van der Waals surface area contributed by atoms with Gasteiger partial charge in [-0.05, 0) is 55.4 Å². The van der Waals surface area contributed by atoms with Crippen molar-refractivity contribution in [3.8, 4) is 0 Å². The number of nitrogens with one attached hydrogen (secondary N) is 2. The summed E-state index contributed by atoms with van der Waals surface area (Å²) >= 11 is 0. The Morgan fingerprint density at radius 2 is 1.58 bits per heavy atom. The van der Waals surface area contributed by atoms with Crippen LogP contribution in [0.2, 0.25) is 0 Å². The number of piperidine rings is 1. The van der Waals surface area contributed by atoms with E-state index in [0.29, 0.717) is 11.0 Å². The average Bonchev–Trinajstić information content (AvgIpc) is 2.63. The van der Waals surface area contributed by atoms with Gasteiger partial charge in [-0.1, -0.05) is 19.3 Å². The van der Waals surface area contributed by atoms with Crippen molar-refractivity contribution >= 4 is 17.6 Å². The maximum atomic E-state index is 12.4. The summed E-state index contributed by atoms with van der Waals surface area (Å²) in [5.41, 5.74) is 1.82. The number of rotatable bonds is 2. The van der Waals surface area contributed by atoms with E-state index >= 15 is 0 Å². The molecule has 0 atom stereocenters. The number of anilines is 1. The van der Waals surface area contributed by atoms with Crippen LogP contribution in [0.3, 0.4) is 0 Å². The summed E-state index contributed by atoms with van der Waals surface area (Å²) in [7, 11) is 1.60. The van der Waals surface area contributed by atoms with Gasteiger partial charge in [0.05, 0.1) is 0 Å². The number of hydrogen-bond donors (Lipinski definition) is 2. The first-order chi connectivity index (χ1) is 11.6. The fourth-order valence-electron chi connectivity index (χ4n) is 4.04. The molecule has 1 saturated heterocycles. The molecule has 130 valence electrons. The van der Waals surface area contributed by atoms with Crippen LogP contribution in [0.4, 0.5) is 10.5 Å². The lowest BCUT2D eigenvalue weighted by molar-refractivity contribution is 0.0849. The fraction of sp³-hybridized carbons (Fsp3) is 0.579. The Hall–Kier alpha value is -2.04. The van der Waals surface area contributed by atoms with Gasteiger partial charge in [0, 0.05) is 31.4 Å². The third-order valence-corrected chi connectivity index (χ3v) is 5.65. The highest BCUT2D eigenvalue weighted by Gasteiger charge is 2.36. The Kier molecular flexibility index (Phi) is 5.07. The van der Waals surface area contributed by atoms with Crippen molar-refractivity contribution in [3.05, 3.63) is 29.8 Å². The Morgan fingerprint density at radius 1 is 0.958 bits per heavy atom. The monoisotopic (exact) mass is 329 g/mol. The number of urea groups is 1. The van der Waals surface area contributed by atoms with Crippen LogP contribution >= 0.6 is 0 Å². The number of hydrogen-bond acceptors (Lipinski definition) is 2. The van der Waals surface area contributed by atoms with Crippen LogP contribution in [-0.4, -0.2) is 37.0 Å². The lowest BCUT2D eigenvalue weighted by Gasteiger charge is -2.44. The standard InChI is InChI=1S/C19H27N3O2/c1-20-17(23)15-5-7-16(8-6-15)21-18(24)22-13-11-19(12-14-22)9-3-2-4-10-19/h5-8H,2-4,9-14H2,1H3,(H,20,23)(H,21,24). The molecule has 2 aliphatic rings. The molecule has 1 aromatic carbocycles. The van der Waals surface area contributed by atoms with Crippen LogP contribution in [0.25, 0.3) is 0 Å². The van der Waals surface area contributed by atoms with E-state index in [2.05, 4.69) is 10.6 Å². The molecule has 1 aliphatic heterocycles. The van der Waals surface area contributed by atoms with Crippen molar-refractivity contribution in [1.29, 1.82) is 0 Å². The van der Waals surface area contributed by atoms with Crippen LogP contribution in [0, 0.1) is 5.41 Å². The topological polar surface area (TPSA) is 61.4 Å². The van der Waals surface area contributed by atoms with Crippen molar-refractivity contribution in [2.24, 2.45) is 5.41 Å². The second-order valence-corrected chi connectivity index (χ2v) is 7.13. The fourth-order valence-corrected chi connectivity index (χ4v) is 4.04. The van der Waals surface area contributed by atoms with Crippen molar-refractivity contribution < 1.29 is 9.59 Å². The van der Waals surface area contributed by atoms with Gasteiger partial charge in [0.25, 0.3) is 5.91 Å². The predicted molar refractivity (Wildman–Crippen MR) is 95.2 cm³/mol. The molecule has 0 unspecified atom stereocenters. The van der Waals surface area contributed by atoms with Gasteiger partial charge in [0.1, 0.15) is 0 Å². The second-order valence-electron chi connectivity index (χ2n) is 7.13. The minimum atomic E-state index is -0.123. The molecule has 0 bridgehead atoms. The van der Waals surface area contributed by atoms with Gasteiger partial charge >= 0.3 is 6.03 Å². The zero-order valence-electron chi connectivity index (χ0n) is 14.4. The molecule has 24 heavy (non-hydrogen) atoms. The maximum Gasteiger partial charge on any atom is 0.321 e. The van der Waals surface area contributed by atoms with E-state index in [1.165, 1.54) is 32.1 Å². The Morgan fingerprint density at radius 3 is 2.17 bits per heavy atom. The molecule has 3 amide bonds. The van der Waals surface area contributed by atoms with E-state index in [-0.39, 0.29) is 11.9 Å². The Bertz CT molecular complexity index is 581. The highest BCUT2D eigenvalue weighted by molar-refractivity contribution is 5.95. The third kappa shape index (κ3) is 3.71. The first kappa shape index (κ1) is 16.8. The minimum Gasteiger partial charge on any atom is -0.355 e. The summed E-state index contributed by atoms with van der Waals surface area (Å²) in [5.74, 6) is -0.123. The minimum absolute atomic E-state index is 0.0339. The lowest BCUT2D eigenvalue weighted by Crippen LogP contribution is -2.45. The van der Waals surface area contributed by atoms with Gasteiger partial charge in [-0.2, -0.15) is 0 Å². The molecule has 3 rings (SSSR count). The maximum absolute atomic E-state index is 12.4. The summed E-state index contributed by atoms with van der Waals surface area (Å²) in [4.78, 5) is 25.9. The van der Waals surface area contributed by atoms with Crippen molar-refractivity contribution in [3.63, 3.8) is 0 Å². The van der Waals surface area contributed by atoms with E-state index in [4.69, 9.17) is 0 Å². The summed E-state index contributed by atoms with van der Waals surface area (Å²) in [6.07, 6.45) is 9.02. The SMILES string of the molecule is CNC(=O)c1ccc(NC(=O)N2CCC3(CCCCC3)CC2)cc1. The molecule has 2 N–H and O–H groups in total. The number of benzene rings is 1. The lowest BCUT2D eigenvalue weighted by atomic mass is 9.68. The van der Waals surface area contributed by atoms with Crippen LogP contribution in [-0.2, 0) is 0 Å². The first-order valence-electron chi connectivity index (χ1n) is 9.00. The molecule has 2 fully saturated rings. The second kappa shape index (κ2) is 7.24. The number of amides is 3. The smallest absolute Gasteiger partial charge is 0.321 e. The summed E-state index contributed by atoms with van der Waals surface area (Å²) in [6.45, 7) is 1.70. The molecule has 1 aliphatic carbocycles. The first-order valence-corrected chi connectivity index (χ1v) is 9.00. The number of likely N-dealkylation sites (tertiary alicyclic amines) is 1. The molecule has 1 spiro atoms. The highest BCUT2D eigenvalue weighted by Crippen LogP contribution is 2.44. The Balaban J connectivity index is 1.53. The quantitative estimate of drug-likeness (QED) is 0.870. The average molecular weight is 329 g/mol. The van der Waals surface area contributed by atoms with Gasteiger partial charge in [-0.25, -0.2) is 4.79 Å². The normalized spacial score (nSPS) is 19.8. The zero-order chi connectivity index (χ0) is 17.0. The van der Waals surface area contributed by atoms with Crippen molar-refractivity contribution in [2.45, 2.75) is 44.9 Å². The van der Waals surface area contributed by atoms with Gasteiger partial charge in [-0.3, -0.25) is 4.79 Å². The molecule has 5 heteroatoms. The number of carbonyl (C=O) groups excluding carboxylic acids is 2. The van der Waals surface area contributed by atoms with Gasteiger partial charge in [0.2, 0.25) is 0 Å². The van der Waals surface area contributed by atoms with Crippen LogP contribution in [0.1, 0.15) is 55.3 Å². The summed E-state index contributed by atoms with van der Waals surface area (Å²) < 4.78 is 0. The van der Waals surface area contributed by atoms with Gasteiger partial charge in [0.15, 0.2) is 0 Å². The van der Waals surface area contributed by atoms with Gasteiger partial charge in [-0.15, -0.1) is 0 Å². The van der Waals surface area contributed by atoms with E-state index in [1.807, 2.05) is 4.90 Å². The molecule has 1 heterocycles. The molecule has 0 aromatic heterocycles. The summed E-state index contributed by atoms with van der Waals surface area (Å²) in [5, 5.41) is 5.53. The van der Waals surface area contributed by atoms with Crippen molar-refractivity contribution in [2.75, 3.05) is 25.5 Å². The molecular formula is C19H27N3O2. The summed E-state index contributed by atoms with van der Waals surface area (Å²) in [6, 6.07) is 6.96. The third-order valence-electron chi connectivity index (χ3n) is 5.65. The van der Waals surface area contributed by atoms with Crippen LogP contribution in [0.15, 0.2) is 24.3 Å².